The van der Waals surface area contributed by atoms with Gasteiger partial charge in [-0.3, -0.25) is 9.59 Å². The summed E-state index contributed by atoms with van der Waals surface area (Å²) in [5.74, 6) is -0.577. The average Bonchev–Trinajstić information content (AvgIpc) is 2.92. The quantitative estimate of drug-likeness (QED) is 0.293. The lowest BCUT2D eigenvalue weighted by Gasteiger charge is -2.30. The van der Waals surface area contributed by atoms with Crippen molar-refractivity contribution in [2.24, 2.45) is 0 Å². The molecule has 184 valence electrons. The van der Waals surface area contributed by atoms with E-state index in [-0.39, 0.29) is 17.6 Å². The van der Waals surface area contributed by atoms with Crippen molar-refractivity contribution in [3.05, 3.63) is 136 Å². The van der Waals surface area contributed by atoms with Gasteiger partial charge < -0.3 is 10.2 Å². The zero-order valence-corrected chi connectivity index (χ0v) is 21.1. The minimum Gasteiger partial charge on any atom is -0.348 e. The second-order valence-electron chi connectivity index (χ2n) is 8.89. The molecule has 0 spiro atoms. The number of nitrogens with zero attached hydrogens (tertiary/aromatic N) is 1. The summed E-state index contributed by atoms with van der Waals surface area (Å²) < 4.78 is 13.1. The molecule has 1 aliphatic heterocycles. The van der Waals surface area contributed by atoms with Crippen LogP contribution in [0.15, 0.2) is 107 Å². The summed E-state index contributed by atoms with van der Waals surface area (Å²) in [5, 5.41) is 2.84. The Hall–Kier alpha value is -4.16. The summed E-state index contributed by atoms with van der Waals surface area (Å²) in [4.78, 5) is 29.5. The van der Waals surface area contributed by atoms with E-state index in [4.69, 9.17) is 0 Å². The van der Waals surface area contributed by atoms with Crippen LogP contribution in [0.2, 0.25) is 0 Å². The Morgan fingerprint density at radius 1 is 0.892 bits per heavy atom. The van der Waals surface area contributed by atoms with Crippen LogP contribution >= 0.6 is 11.8 Å². The van der Waals surface area contributed by atoms with Crippen molar-refractivity contribution < 1.29 is 14.0 Å². The molecule has 0 bridgehead atoms. The molecule has 37 heavy (non-hydrogen) atoms. The summed E-state index contributed by atoms with van der Waals surface area (Å²) in [7, 11) is 0. The number of benzene rings is 4. The van der Waals surface area contributed by atoms with Gasteiger partial charge in [-0.1, -0.05) is 78.0 Å². The molecule has 5 rings (SSSR count). The van der Waals surface area contributed by atoms with E-state index in [1.807, 2.05) is 54.3 Å². The zero-order valence-electron chi connectivity index (χ0n) is 20.3. The summed E-state index contributed by atoms with van der Waals surface area (Å²) in [6.45, 7) is 2.84. The van der Waals surface area contributed by atoms with Crippen molar-refractivity contribution in [3.8, 4) is 0 Å². The van der Waals surface area contributed by atoms with Crippen molar-refractivity contribution >= 4 is 35.3 Å². The maximum absolute atomic E-state index is 13.5. The molecule has 0 unspecified atom stereocenters. The van der Waals surface area contributed by atoms with Crippen molar-refractivity contribution in [1.29, 1.82) is 0 Å². The first-order valence-corrected chi connectivity index (χ1v) is 12.8. The molecule has 0 aliphatic carbocycles. The van der Waals surface area contributed by atoms with Crippen molar-refractivity contribution in [2.45, 2.75) is 24.9 Å². The molecule has 0 atom stereocenters. The van der Waals surface area contributed by atoms with Gasteiger partial charge in [-0.2, -0.15) is 0 Å². The lowest BCUT2D eigenvalue weighted by atomic mass is 10.1. The maximum Gasteiger partial charge on any atom is 0.265 e. The minimum atomic E-state index is -0.309. The molecular weight excluding hydrogens is 483 g/mol. The second kappa shape index (κ2) is 10.8. The number of para-hydroxylation sites is 1. The van der Waals surface area contributed by atoms with Crippen LogP contribution in [0, 0.1) is 12.7 Å². The lowest BCUT2D eigenvalue weighted by Crippen LogP contribution is -2.33. The molecule has 2 amide bonds. The topological polar surface area (TPSA) is 49.4 Å². The monoisotopic (exact) mass is 508 g/mol. The predicted molar refractivity (Wildman–Crippen MR) is 147 cm³/mol. The third-order valence-electron chi connectivity index (χ3n) is 6.13. The number of rotatable bonds is 6. The summed E-state index contributed by atoms with van der Waals surface area (Å²) in [6.07, 6.45) is 1.87. The minimum absolute atomic E-state index is 0.0506. The average molecular weight is 509 g/mol. The molecule has 4 nitrogen and oxygen atoms in total. The van der Waals surface area contributed by atoms with E-state index in [0.29, 0.717) is 23.6 Å². The number of carbonyl (C=O) groups is 2. The molecule has 4 aromatic carbocycles. The van der Waals surface area contributed by atoms with Gasteiger partial charge in [0.1, 0.15) is 5.82 Å². The zero-order chi connectivity index (χ0) is 25.8. The van der Waals surface area contributed by atoms with E-state index in [2.05, 4.69) is 29.6 Å². The number of fused-ring (bicyclic) bond motifs is 1. The van der Waals surface area contributed by atoms with E-state index < -0.39 is 0 Å². The van der Waals surface area contributed by atoms with Gasteiger partial charge in [-0.15, -0.1) is 0 Å². The van der Waals surface area contributed by atoms with Gasteiger partial charge in [0.15, 0.2) is 0 Å². The van der Waals surface area contributed by atoms with Gasteiger partial charge >= 0.3 is 0 Å². The first-order chi connectivity index (χ1) is 18.0. The Morgan fingerprint density at radius 2 is 1.57 bits per heavy atom. The number of aryl methyl sites for hydroxylation is 1. The van der Waals surface area contributed by atoms with E-state index in [1.165, 1.54) is 29.5 Å². The van der Waals surface area contributed by atoms with Gasteiger partial charge in [-0.05, 0) is 66.1 Å². The summed E-state index contributed by atoms with van der Waals surface area (Å²) in [6, 6.07) is 29.3. The van der Waals surface area contributed by atoms with E-state index >= 15 is 0 Å². The molecule has 0 saturated carbocycles. The molecule has 4 aromatic rings. The Bertz CT molecular complexity index is 1460. The third-order valence-corrected chi connectivity index (χ3v) is 7.21. The predicted octanol–water partition coefficient (Wildman–Crippen LogP) is 6.74. The highest BCUT2D eigenvalue weighted by atomic mass is 32.2. The standard InChI is InChI=1S/C31H25FN2O2S/c1-21-6-8-24(9-7-21)20-34-27-4-2-3-5-28(27)37-29(31(34)36)18-22-10-14-25(15-11-22)30(35)33-19-23-12-16-26(32)17-13-23/h2-18H,19-20H2,1H3,(H,33,35). The normalized spacial score (nSPS) is 13.9. The first kappa shape index (κ1) is 24.5. The highest BCUT2D eigenvalue weighted by molar-refractivity contribution is 8.04. The smallest absolute Gasteiger partial charge is 0.265 e. The van der Waals surface area contributed by atoms with Crippen molar-refractivity contribution in [2.75, 3.05) is 4.90 Å². The fraction of sp³-hybridized carbons (Fsp3) is 0.0968. The fourth-order valence-electron chi connectivity index (χ4n) is 4.06. The summed E-state index contributed by atoms with van der Waals surface area (Å²) in [5.41, 5.74) is 5.32. The fourth-order valence-corrected chi connectivity index (χ4v) is 5.12. The maximum atomic E-state index is 13.5. The van der Waals surface area contributed by atoms with Crippen LogP contribution in [0.4, 0.5) is 10.1 Å². The number of amides is 2. The molecule has 0 aromatic heterocycles. The largest absolute Gasteiger partial charge is 0.348 e. The molecule has 1 N–H and O–H groups in total. The van der Waals surface area contributed by atoms with Crippen LogP contribution in [-0.2, 0) is 17.9 Å². The number of hydrogen-bond acceptors (Lipinski definition) is 3. The molecule has 1 heterocycles. The van der Waals surface area contributed by atoms with Crippen LogP contribution in [0.25, 0.3) is 6.08 Å². The number of nitrogens with one attached hydrogen (secondary N) is 1. The Morgan fingerprint density at radius 3 is 2.30 bits per heavy atom. The van der Waals surface area contributed by atoms with Gasteiger partial charge in [0.25, 0.3) is 11.8 Å². The number of carbonyl (C=O) groups excluding carboxylic acids is 2. The van der Waals surface area contributed by atoms with Gasteiger partial charge in [0.2, 0.25) is 0 Å². The highest BCUT2D eigenvalue weighted by Gasteiger charge is 2.29. The Balaban J connectivity index is 1.32. The van der Waals surface area contributed by atoms with Crippen LogP contribution in [-0.4, -0.2) is 11.8 Å². The second-order valence-corrected chi connectivity index (χ2v) is 9.97. The molecule has 0 radical (unpaired) electrons. The number of hydrogen-bond donors (Lipinski definition) is 1. The SMILES string of the molecule is Cc1ccc(CN2C(=O)C(=Cc3ccc(C(=O)NCc4ccc(F)cc4)cc3)Sc3ccccc32)cc1. The molecular formula is C31H25FN2O2S. The van der Waals surface area contributed by atoms with Crippen LogP contribution in [0.3, 0.4) is 0 Å². The molecule has 1 aliphatic rings. The van der Waals surface area contributed by atoms with Crippen LogP contribution in [0.1, 0.15) is 32.6 Å². The number of halogens is 1. The van der Waals surface area contributed by atoms with Crippen molar-refractivity contribution in [1.82, 2.24) is 5.32 Å². The van der Waals surface area contributed by atoms with Crippen molar-refractivity contribution in [3.63, 3.8) is 0 Å². The van der Waals surface area contributed by atoms with Crippen LogP contribution in [0.5, 0.6) is 0 Å². The van der Waals surface area contributed by atoms with E-state index in [1.54, 1.807) is 24.3 Å². The van der Waals surface area contributed by atoms with E-state index in [0.717, 1.165) is 27.3 Å². The summed E-state index contributed by atoms with van der Waals surface area (Å²) >= 11 is 1.46. The number of anilines is 1. The Labute approximate surface area is 219 Å². The molecule has 0 saturated heterocycles. The molecule has 6 heteroatoms. The van der Waals surface area contributed by atoms with Crippen LogP contribution < -0.4 is 10.2 Å². The number of thioether (sulfide) groups is 1. The van der Waals surface area contributed by atoms with E-state index in [9.17, 15) is 14.0 Å². The van der Waals surface area contributed by atoms with Gasteiger partial charge in [0.05, 0.1) is 17.1 Å². The third kappa shape index (κ3) is 5.81. The lowest BCUT2D eigenvalue weighted by molar-refractivity contribution is -0.114. The van der Waals surface area contributed by atoms with Gasteiger partial charge in [0, 0.05) is 17.0 Å². The molecule has 0 fully saturated rings. The highest BCUT2D eigenvalue weighted by Crippen LogP contribution is 2.42. The first-order valence-electron chi connectivity index (χ1n) is 11.9. The van der Waals surface area contributed by atoms with Gasteiger partial charge in [-0.25, -0.2) is 4.39 Å². The Kier molecular flexibility index (Phi) is 7.19.